The van der Waals surface area contributed by atoms with Crippen molar-refractivity contribution in [3.8, 4) is 0 Å². The number of rotatable bonds is 6. The van der Waals surface area contributed by atoms with Crippen LogP contribution >= 0.6 is 0 Å². The second-order valence-electron chi connectivity index (χ2n) is 6.40. The number of unbranched alkanes of at least 4 members (excludes halogenated alkanes) is 1. The normalized spacial score (nSPS) is 14.1. The third-order valence-electron chi connectivity index (χ3n) is 2.17. The highest BCUT2D eigenvalue weighted by Gasteiger charge is 2.29. The van der Waals surface area contributed by atoms with E-state index in [1.54, 1.807) is 0 Å². The average Bonchev–Trinajstić information content (AvgIpc) is 1.93. The first-order valence-electron chi connectivity index (χ1n) is 5.99. The predicted octanol–water partition coefficient (Wildman–Crippen LogP) is 2.92. The van der Waals surface area contributed by atoms with Crippen molar-refractivity contribution >= 4 is 10.0 Å². The van der Waals surface area contributed by atoms with Crippen LogP contribution in [0.15, 0.2) is 0 Å². The number of sulfonamides is 1. The average molecular weight is 249 g/mol. The molecule has 0 aromatic carbocycles. The highest BCUT2D eigenvalue weighted by molar-refractivity contribution is 7.89. The minimum absolute atomic E-state index is 0.122. The fourth-order valence-electron chi connectivity index (χ4n) is 2.17. The lowest BCUT2D eigenvalue weighted by atomic mass is 9.82. The summed E-state index contributed by atoms with van der Waals surface area (Å²) in [6.45, 7) is 12.2. The molecule has 4 heteroatoms. The zero-order chi connectivity index (χ0) is 13.0. The van der Waals surface area contributed by atoms with E-state index in [-0.39, 0.29) is 16.7 Å². The highest BCUT2D eigenvalue weighted by atomic mass is 32.2. The van der Waals surface area contributed by atoms with E-state index in [4.69, 9.17) is 0 Å². The summed E-state index contributed by atoms with van der Waals surface area (Å²) in [6, 6.07) is 0. The van der Waals surface area contributed by atoms with Gasteiger partial charge in [-0.3, -0.25) is 0 Å². The Kier molecular flexibility index (Phi) is 5.47. The lowest BCUT2D eigenvalue weighted by Gasteiger charge is -2.32. The van der Waals surface area contributed by atoms with Gasteiger partial charge in [-0.05, 0) is 32.1 Å². The van der Waals surface area contributed by atoms with E-state index in [1.807, 2.05) is 20.8 Å². The molecule has 0 saturated carbocycles. The van der Waals surface area contributed by atoms with Gasteiger partial charge in [0, 0.05) is 5.54 Å². The van der Waals surface area contributed by atoms with E-state index in [1.165, 1.54) is 0 Å². The number of hydrogen-bond acceptors (Lipinski definition) is 2. The van der Waals surface area contributed by atoms with Gasteiger partial charge < -0.3 is 0 Å². The minimum atomic E-state index is -3.12. The van der Waals surface area contributed by atoms with Crippen molar-refractivity contribution in [3.63, 3.8) is 0 Å². The summed E-state index contributed by atoms with van der Waals surface area (Å²) in [6.07, 6.45) is 2.45. The van der Waals surface area contributed by atoms with Crippen molar-refractivity contribution in [2.24, 2.45) is 5.41 Å². The van der Waals surface area contributed by atoms with Gasteiger partial charge in [0.15, 0.2) is 0 Å². The van der Waals surface area contributed by atoms with E-state index < -0.39 is 10.0 Å². The summed E-state index contributed by atoms with van der Waals surface area (Å²) < 4.78 is 26.4. The molecule has 3 nitrogen and oxygen atoms in total. The maximum atomic E-state index is 11.8. The molecular formula is C12H27NO2S. The molecular weight excluding hydrogens is 222 g/mol. The van der Waals surface area contributed by atoms with E-state index in [2.05, 4.69) is 25.5 Å². The quantitative estimate of drug-likeness (QED) is 0.786. The van der Waals surface area contributed by atoms with Gasteiger partial charge in [-0.1, -0.05) is 34.1 Å². The van der Waals surface area contributed by atoms with E-state index >= 15 is 0 Å². The smallest absolute Gasteiger partial charge is 0.212 e. The van der Waals surface area contributed by atoms with Gasteiger partial charge in [0.25, 0.3) is 0 Å². The van der Waals surface area contributed by atoms with E-state index in [0.29, 0.717) is 0 Å². The van der Waals surface area contributed by atoms with Crippen molar-refractivity contribution in [1.29, 1.82) is 0 Å². The van der Waals surface area contributed by atoms with Crippen LogP contribution in [0.25, 0.3) is 0 Å². The Morgan fingerprint density at radius 3 is 1.94 bits per heavy atom. The largest absolute Gasteiger partial charge is 0.212 e. The van der Waals surface area contributed by atoms with Crippen LogP contribution < -0.4 is 4.72 Å². The van der Waals surface area contributed by atoms with Crippen molar-refractivity contribution in [2.75, 3.05) is 5.75 Å². The standard InChI is InChI=1S/C12H27NO2S/c1-7-8-9-16(14,15)13-12(5,6)10-11(2,3)4/h13H,7-10H2,1-6H3. The van der Waals surface area contributed by atoms with Gasteiger partial charge in [0.1, 0.15) is 0 Å². The van der Waals surface area contributed by atoms with Crippen LogP contribution in [0.1, 0.15) is 60.8 Å². The Bertz CT molecular complexity index is 299. The Balaban J connectivity index is 4.46. The Morgan fingerprint density at radius 2 is 1.56 bits per heavy atom. The van der Waals surface area contributed by atoms with Crippen LogP contribution in [0.5, 0.6) is 0 Å². The summed E-state index contributed by atoms with van der Waals surface area (Å²) >= 11 is 0. The molecule has 0 atom stereocenters. The molecule has 0 radical (unpaired) electrons. The van der Waals surface area contributed by atoms with Crippen LogP contribution in [-0.2, 0) is 10.0 Å². The van der Waals surface area contributed by atoms with Crippen LogP contribution in [-0.4, -0.2) is 19.7 Å². The van der Waals surface area contributed by atoms with E-state index in [9.17, 15) is 8.42 Å². The molecule has 0 aliphatic heterocycles. The van der Waals surface area contributed by atoms with Gasteiger partial charge in [-0.2, -0.15) is 0 Å². The molecule has 0 aliphatic rings. The Hall–Kier alpha value is -0.0900. The lowest BCUT2D eigenvalue weighted by Crippen LogP contribution is -2.46. The molecule has 0 aromatic heterocycles. The highest BCUT2D eigenvalue weighted by Crippen LogP contribution is 2.27. The molecule has 0 saturated heterocycles. The second-order valence-corrected chi connectivity index (χ2v) is 8.24. The van der Waals surface area contributed by atoms with Crippen LogP contribution in [0, 0.1) is 5.41 Å². The Labute approximate surface area is 101 Å². The van der Waals surface area contributed by atoms with Crippen molar-refractivity contribution < 1.29 is 8.42 Å². The van der Waals surface area contributed by atoms with Crippen LogP contribution in [0.2, 0.25) is 0 Å². The monoisotopic (exact) mass is 249 g/mol. The molecule has 98 valence electrons. The first kappa shape index (κ1) is 15.9. The first-order chi connectivity index (χ1) is 6.97. The van der Waals surface area contributed by atoms with Crippen molar-refractivity contribution in [3.05, 3.63) is 0 Å². The summed E-state index contributed by atoms with van der Waals surface area (Å²) in [4.78, 5) is 0. The third-order valence-corrected chi connectivity index (χ3v) is 3.86. The molecule has 0 rings (SSSR count). The minimum Gasteiger partial charge on any atom is -0.212 e. The molecule has 0 amide bonds. The maximum Gasteiger partial charge on any atom is 0.212 e. The second kappa shape index (κ2) is 5.50. The number of nitrogens with one attached hydrogen (secondary N) is 1. The van der Waals surface area contributed by atoms with Gasteiger partial charge in [0.2, 0.25) is 10.0 Å². The molecule has 0 spiro atoms. The summed E-state index contributed by atoms with van der Waals surface area (Å²) in [5.41, 5.74) is -0.248. The SMILES string of the molecule is CCCCS(=O)(=O)NC(C)(C)CC(C)(C)C. The van der Waals surface area contributed by atoms with E-state index in [0.717, 1.165) is 19.3 Å². The Morgan fingerprint density at radius 1 is 1.06 bits per heavy atom. The lowest BCUT2D eigenvalue weighted by molar-refractivity contribution is 0.269. The molecule has 16 heavy (non-hydrogen) atoms. The zero-order valence-corrected chi connectivity index (χ0v) is 12.4. The summed E-state index contributed by atoms with van der Waals surface area (Å²) in [5, 5.41) is 0. The molecule has 0 fully saturated rings. The molecule has 0 aliphatic carbocycles. The molecule has 0 aromatic rings. The first-order valence-corrected chi connectivity index (χ1v) is 7.64. The summed E-state index contributed by atoms with van der Waals surface area (Å²) in [5.74, 6) is 0.233. The zero-order valence-electron chi connectivity index (χ0n) is 11.6. The van der Waals surface area contributed by atoms with Gasteiger partial charge in [0.05, 0.1) is 5.75 Å². The molecule has 0 unspecified atom stereocenters. The fourth-order valence-corrected chi connectivity index (χ4v) is 3.85. The number of hydrogen-bond donors (Lipinski definition) is 1. The van der Waals surface area contributed by atoms with Crippen LogP contribution in [0.3, 0.4) is 0 Å². The van der Waals surface area contributed by atoms with Crippen molar-refractivity contribution in [2.45, 2.75) is 66.3 Å². The van der Waals surface area contributed by atoms with Crippen LogP contribution in [0.4, 0.5) is 0 Å². The molecule has 1 N–H and O–H groups in total. The van der Waals surface area contributed by atoms with Gasteiger partial charge in [-0.25, -0.2) is 13.1 Å². The van der Waals surface area contributed by atoms with Gasteiger partial charge in [-0.15, -0.1) is 0 Å². The molecule has 0 bridgehead atoms. The third kappa shape index (κ3) is 8.11. The van der Waals surface area contributed by atoms with Crippen molar-refractivity contribution in [1.82, 2.24) is 4.72 Å². The topological polar surface area (TPSA) is 46.2 Å². The fraction of sp³-hybridized carbons (Fsp3) is 1.00. The van der Waals surface area contributed by atoms with Gasteiger partial charge >= 0.3 is 0 Å². The summed E-state index contributed by atoms with van der Waals surface area (Å²) in [7, 11) is -3.12. The predicted molar refractivity (Wildman–Crippen MR) is 70.0 cm³/mol. The molecule has 0 heterocycles. The maximum absolute atomic E-state index is 11.8.